The summed E-state index contributed by atoms with van der Waals surface area (Å²) >= 11 is 1.21. The zero-order valence-corrected chi connectivity index (χ0v) is 17.1. The molecule has 0 saturated carbocycles. The summed E-state index contributed by atoms with van der Waals surface area (Å²) in [6.45, 7) is 0. The third-order valence-corrected chi connectivity index (χ3v) is 7.27. The van der Waals surface area contributed by atoms with Crippen LogP contribution in [-0.2, 0) is 10.0 Å². The van der Waals surface area contributed by atoms with Gasteiger partial charge in [0, 0.05) is 15.8 Å². The van der Waals surface area contributed by atoms with Gasteiger partial charge < -0.3 is 5.11 Å². The molecule has 0 aliphatic carbocycles. The Hall–Kier alpha value is -3.60. The molecule has 0 aliphatic rings. The maximum atomic E-state index is 12.9. The maximum Gasteiger partial charge on any atom is 0.335 e. The number of anilines is 1. The molecule has 0 bridgehead atoms. The molecule has 0 spiro atoms. The molecule has 4 rings (SSSR count). The molecule has 7 heteroatoms. The molecule has 3 aromatic carbocycles. The number of hydrogen-bond donors (Lipinski definition) is 2. The van der Waals surface area contributed by atoms with E-state index in [-0.39, 0.29) is 9.77 Å². The van der Waals surface area contributed by atoms with Crippen LogP contribution < -0.4 is 4.72 Å². The van der Waals surface area contributed by atoms with Crippen LogP contribution in [0.15, 0.2) is 83.1 Å². The fourth-order valence-electron chi connectivity index (χ4n) is 2.80. The second-order valence-electron chi connectivity index (χ2n) is 6.39. The fraction of sp³-hybridized carbons (Fsp3) is 0. The molecule has 5 nitrogen and oxygen atoms in total. The van der Waals surface area contributed by atoms with E-state index in [0.717, 1.165) is 10.1 Å². The lowest BCUT2D eigenvalue weighted by Gasteiger charge is -2.08. The number of carbonyl (C=O) groups is 1. The summed E-state index contributed by atoms with van der Waals surface area (Å²) < 4.78 is 29.5. The van der Waals surface area contributed by atoms with Crippen LogP contribution in [0.5, 0.6) is 0 Å². The Bertz CT molecular complexity index is 1380. The van der Waals surface area contributed by atoms with Gasteiger partial charge in [-0.3, -0.25) is 4.72 Å². The van der Waals surface area contributed by atoms with Crippen LogP contribution in [0.25, 0.3) is 10.1 Å². The number of carboxylic acids is 1. The highest BCUT2D eigenvalue weighted by atomic mass is 32.2. The molecule has 4 aromatic rings. The second kappa shape index (κ2) is 8.03. The Morgan fingerprint density at radius 1 is 0.900 bits per heavy atom. The molecule has 2 N–H and O–H groups in total. The van der Waals surface area contributed by atoms with Crippen LogP contribution in [0.1, 0.15) is 21.5 Å². The highest BCUT2D eigenvalue weighted by molar-refractivity contribution is 7.94. The van der Waals surface area contributed by atoms with Crippen molar-refractivity contribution in [3.8, 4) is 11.8 Å². The number of thiophene rings is 1. The maximum absolute atomic E-state index is 12.9. The summed E-state index contributed by atoms with van der Waals surface area (Å²) in [6, 6.07) is 22.2. The van der Waals surface area contributed by atoms with Gasteiger partial charge in [0.1, 0.15) is 4.21 Å². The van der Waals surface area contributed by atoms with E-state index in [1.807, 2.05) is 24.3 Å². The average Bonchev–Trinajstić information content (AvgIpc) is 3.19. The van der Waals surface area contributed by atoms with Gasteiger partial charge in [-0.25, -0.2) is 13.2 Å². The SMILES string of the molecule is O=C(O)c1ccc(C#Cc2ccccc2NS(=O)(=O)c2cc3ccccc3s2)cc1. The van der Waals surface area contributed by atoms with E-state index in [9.17, 15) is 13.2 Å². The van der Waals surface area contributed by atoms with Gasteiger partial charge in [0.2, 0.25) is 0 Å². The highest BCUT2D eigenvalue weighted by Crippen LogP contribution is 2.30. The van der Waals surface area contributed by atoms with Crippen molar-refractivity contribution in [2.45, 2.75) is 4.21 Å². The molecular formula is C23H15NO4S2. The van der Waals surface area contributed by atoms with E-state index in [1.165, 1.54) is 23.5 Å². The minimum absolute atomic E-state index is 0.178. The zero-order chi connectivity index (χ0) is 21.1. The molecule has 148 valence electrons. The third kappa shape index (κ3) is 4.20. The molecule has 1 heterocycles. The van der Waals surface area contributed by atoms with E-state index in [2.05, 4.69) is 16.6 Å². The molecule has 0 saturated heterocycles. The third-order valence-electron chi connectivity index (χ3n) is 4.31. The lowest BCUT2D eigenvalue weighted by atomic mass is 10.1. The van der Waals surface area contributed by atoms with Crippen molar-refractivity contribution in [1.29, 1.82) is 0 Å². The standard InChI is InChI=1S/C23H15NO4S2/c25-23(26)18-13-10-16(11-14-18)9-12-17-5-1-3-7-20(17)24-30(27,28)22-15-19-6-2-4-8-21(19)29-22/h1-8,10-11,13-15,24H,(H,25,26). The molecule has 0 unspecified atom stereocenters. The van der Waals surface area contributed by atoms with Crippen molar-refractivity contribution in [2.75, 3.05) is 4.72 Å². The van der Waals surface area contributed by atoms with Gasteiger partial charge in [-0.1, -0.05) is 42.2 Å². The van der Waals surface area contributed by atoms with Crippen molar-refractivity contribution < 1.29 is 18.3 Å². The average molecular weight is 434 g/mol. The van der Waals surface area contributed by atoms with Crippen molar-refractivity contribution in [3.05, 3.63) is 95.6 Å². The van der Waals surface area contributed by atoms with Gasteiger partial charge in [0.15, 0.2) is 0 Å². The first-order valence-electron chi connectivity index (χ1n) is 8.88. The molecular weight excluding hydrogens is 418 g/mol. The highest BCUT2D eigenvalue weighted by Gasteiger charge is 2.18. The Morgan fingerprint density at radius 2 is 1.60 bits per heavy atom. The molecule has 1 aromatic heterocycles. The van der Waals surface area contributed by atoms with Crippen molar-refractivity contribution in [2.24, 2.45) is 0 Å². The number of aromatic carboxylic acids is 1. The normalized spacial score (nSPS) is 10.9. The number of fused-ring (bicyclic) bond motifs is 1. The van der Waals surface area contributed by atoms with Gasteiger partial charge in [0.05, 0.1) is 11.3 Å². The van der Waals surface area contributed by atoms with Crippen LogP contribution in [0.4, 0.5) is 5.69 Å². The zero-order valence-electron chi connectivity index (χ0n) is 15.5. The summed E-state index contributed by atoms with van der Waals surface area (Å²) in [5.41, 5.74) is 1.70. The van der Waals surface area contributed by atoms with E-state index in [4.69, 9.17) is 5.11 Å². The van der Waals surface area contributed by atoms with Gasteiger partial charge in [-0.15, -0.1) is 11.3 Å². The van der Waals surface area contributed by atoms with Crippen molar-refractivity contribution >= 4 is 43.1 Å². The molecule has 30 heavy (non-hydrogen) atoms. The van der Waals surface area contributed by atoms with Crippen LogP contribution in [0.3, 0.4) is 0 Å². The Kier molecular flexibility index (Phi) is 5.27. The molecule has 0 fully saturated rings. The van der Waals surface area contributed by atoms with Gasteiger partial charge in [0.25, 0.3) is 10.0 Å². The first-order valence-corrected chi connectivity index (χ1v) is 11.2. The quantitative estimate of drug-likeness (QED) is 0.453. The number of carboxylic acid groups (broad SMARTS) is 1. The van der Waals surface area contributed by atoms with Gasteiger partial charge in [-0.2, -0.15) is 0 Å². The lowest BCUT2D eigenvalue weighted by Crippen LogP contribution is -2.12. The predicted octanol–water partition coefficient (Wildman–Crippen LogP) is 4.80. The number of sulfonamides is 1. The molecule has 0 amide bonds. The minimum atomic E-state index is -3.76. The van der Waals surface area contributed by atoms with Crippen LogP contribution >= 0.6 is 11.3 Å². The molecule has 0 aliphatic heterocycles. The van der Waals surface area contributed by atoms with Crippen molar-refractivity contribution in [3.63, 3.8) is 0 Å². The fourth-order valence-corrected chi connectivity index (χ4v) is 5.28. The number of nitrogens with one attached hydrogen (secondary N) is 1. The monoisotopic (exact) mass is 433 g/mol. The largest absolute Gasteiger partial charge is 0.478 e. The van der Waals surface area contributed by atoms with E-state index >= 15 is 0 Å². The Balaban J connectivity index is 1.63. The first kappa shape index (κ1) is 19.7. The number of hydrogen-bond acceptors (Lipinski definition) is 4. The second-order valence-corrected chi connectivity index (χ2v) is 9.38. The van der Waals surface area contributed by atoms with E-state index < -0.39 is 16.0 Å². The lowest BCUT2D eigenvalue weighted by molar-refractivity contribution is 0.0697. The van der Waals surface area contributed by atoms with Crippen LogP contribution in [-0.4, -0.2) is 19.5 Å². The number of rotatable bonds is 4. The predicted molar refractivity (Wildman–Crippen MR) is 118 cm³/mol. The Morgan fingerprint density at radius 3 is 2.33 bits per heavy atom. The van der Waals surface area contributed by atoms with Crippen molar-refractivity contribution in [1.82, 2.24) is 0 Å². The number of para-hydroxylation sites is 1. The van der Waals surface area contributed by atoms with Crippen LogP contribution in [0.2, 0.25) is 0 Å². The minimum Gasteiger partial charge on any atom is -0.478 e. The van der Waals surface area contributed by atoms with Gasteiger partial charge in [-0.05, 0) is 53.9 Å². The number of benzene rings is 3. The summed E-state index contributed by atoms with van der Waals surface area (Å²) in [5, 5.41) is 9.84. The summed E-state index contributed by atoms with van der Waals surface area (Å²) in [4.78, 5) is 10.9. The summed E-state index contributed by atoms with van der Waals surface area (Å²) in [7, 11) is -3.76. The molecule has 0 atom stereocenters. The summed E-state index contributed by atoms with van der Waals surface area (Å²) in [6.07, 6.45) is 0. The first-order chi connectivity index (χ1) is 14.4. The van der Waals surface area contributed by atoms with Gasteiger partial charge >= 0.3 is 5.97 Å². The topological polar surface area (TPSA) is 83.5 Å². The summed E-state index contributed by atoms with van der Waals surface area (Å²) in [5.74, 6) is 4.89. The van der Waals surface area contributed by atoms with Crippen LogP contribution in [0, 0.1) is 11.8 Å². The van der Waals surface area contributed by atoms with E-state index in [1.54, 1.807) is 42.5 Å². The smallest absolute Gasteiger partial charge is 0.335 e. The van der Waals surface area contributed by atoms with E-state index in [0.29, 0.717) is 16.8 Å². The Labute approximate surface area is 177 Å². The molecule has 0 radical (unpaired) electrons.